The van der Waals surface area contributed by atoms with Crippen LogP contribution in [-0.4, -0.2) is 55.8 Å². The molecule has 0 amide bonds. The average Bonchev–Trinajstić information content (AvgIpc) is 2.83. The Bertz CT molecular complexity index is 477. The van der Waals surface area contributed by atoms with Crippen molar-refractivity contribution in [2.24, 2.45) is 13.0 Å². The van der Waals surface area contributed by atoms with Crippen LogP contribution in [0.3, 0.4) is 0 Å². The van der Waals surface area contributed by atoms with Crippen molar-refractivity contribution in [1.29, 1.82) is 0 Å². The molecule has 2 aliphatic rings. The van der Waals surface area contributed by atoms with Crippen LogP contribution >= 0.6 is 0 Å². The number of ether oxygens (including phenoxy) is 2. The summed E-state index contributed by atoms with van der Waals surface area (Å²) in [5.41, 5.74) is 2.44. The second-order valence-corrected chi connectivity index (χ2v) is 6.32. The first kappa shape index (κ1) is 15.8. The molecule has 0 unspecified atom stereocenters. The average molecular weight is 308 g/mol. The van der Waals surface area contributed by atoms with Gasteiger partial charge in [-0.1, -0.05) is 0 Å². The zero-order valence-corrected chi connectivity index (χ0v) is 13.8. The fourth-order valence-electron chi connectivity index (χ4n) is 3.44. The van der Waals surface area contributed by atoms with Gasteiger partial charge in [0.15, 0.2) is 0 Å². The van der Waals surface area contributed by atoms with Crippen LogP contribution < -0.4 is 10.2 Å². The second kappa shape index (κ2) is 7.44. The Morgan fingerprint density at radius 3 is 2.77 bits per heavy atom. The Hall–Kier alpha value is -1.11. The quantitative estimate of drug-likeness (QED) is 0.882. The Morgan fingerprint density at radius 1 is 1.23 bits per heavy atom. The highest BCUT2D eigenvalue weighted by atomic mass is 16.5. The Labute approximate surface area is 132 Å². The molecule has 3 rings (SSSR count). The van der Waals surface area contributed by atoms with Crippen LogP contribution in [0, 0.1) is 12.8 Å². The number of aryl methyl sites for hydroxylation is 2. The number of hydrogen-bond acceptors (Lipinski definition) is 5. The first-order valence-corrected chi connectivity index (χ1v) is 8.39. The van der Waals surface area contributed by atoms with Crippen LogP contribution in [0.4, 0.5) is 5.82 Å². The third-order valence-electron chi connectivity index (χ3n) is 4.61. The van der Waals surface area contributed by atoms with Gasteiger partial charge in [-0.05, 0) is 25.7 Å². The van der Waals surface area contributed by atoms with E-state index in [1.165, 1.54) is 24.2 Å². The van der Waals surface area contributed by atoms with Crippen molar-refractivity contribution in [1.82, 2.24) is 15.1 Å². The molecule has 1 aromatic rings. The molecule has 2 saturated heterocycles. The van der Waals surface area contributed by atoms with Gasteiger partial charge in [-0.25, -0.2) is 0 Å². The molecular formula is C16H28N4O2. The fourth-order valence-corrected chi connectivity index (χ4v) is 3.44. The van der Waals surface area contributed by atoms with E-state index in [-0.39, 0.29) is 0 Å². The summed E-state index contributed by atoms with van der Waals surface area (Å²) in [6, 6.07) is 0. The van der Waals surface area contributed by atoms with Gasteiger partial charge >= 0.3 is 0 Å². The molecule has 0 bridgehead atoms. The largest absolute Gasteiger partial charge is 0.381 e. The number of nitrogens with one attached hydrogen (secondary N) is 1. The van der Waals surface area contributed by atoms with E-state index in [1.807, 2.05) is 11.7 Å². The molecule has 124 valence electrons. The van der Waals surface area contributed by atoms with Gasteiger partial charge in [0.05, 0.1) is 25.5 Å². The fraction of sp³-hybridized carbons (Fsp3) is 0.812. The van der Waals surface area contributed by atoms with Crippen molar-refractivity contribution in [3.05, 3.63) is 11.3 Å². The molecule has 2 fully saturated rings. The summed E-state index contributed by atoms with van der Waals surface area (Å²) in [5.74, 6) is 1.89. The third-order valence-corrected chi connectivity index (χ3v) is 4.61. The van der Waals surface area contributed by atoms with Gasteiger partial charge in [0.25, 0.3) is 0 Å². The molecule has 0 radical (unpaired) electrons. The highest BCUT2D eigenvalue weighted by Crippen LogP contribution is 2.24. The molecule has 0 spiro atoms. The van der Waals surface area contributed by atoms with E-state index in [1.54, 1.807) is 0 Å². The summed E-state index contributed by atoms with van der Waals surface area (Å²) < 4.78 is 13.0. The molecule has 6 heteroatoms. The Balaban J connectivity index is 1.61. The second-order valence-electron chi connectivity index (χ2n) is 6.32. The summed E-state index contributed by atoms with van der Waals surface area (Å²) in [7, 11) is 2.04. The molecule has 3 heterocycles. The summed E-state index contributed by atoms with van der Waals surface area (Å²) in [6.45, 7) is 9.33. The van der Waals surface area contributed by atoms with Gasteiger partial charge in [0.2, 0.25) is 0 Å². The molecule has 0 saturated carbocycles. The monoisotopic (exact) mass is 308 g/mol. The van der Waals surface area contributed by atoms with Crippen molar-refractivity contribution in [3.63, 3.8) is 0 Å². The van der Waals surface area contributed by atoms with Crippen LogP contribution in [0.15, 0.2) is 0 Å². The van der Waals surface area contributed by atoms with Crippen LogP contribution in [0.25, 0.3) is 0 Å². The predicted molar refractivity (Wildman–Crippen MR) is 86.2 cm³/mol. The molecule has 22 heavy (non-hydrogen) atoms. The molecule has 2 aliphatic heterocycles. The molecule has 1 aromatic heterocycles. The van der Waals surface area contributed by atoms with Crippen molar-refractivity contribution in [3.8, 4) is 0 Å². The maximum Gasteiger partial charge on any atom is 0.131 e. The number of hydrogen-bond donors (Lipinski definition) is 1. The van der Waals surface area contributed by atoms with Crippen molar-refractivity contribution in [2.75, 3.05) is 51.0 Å². The minimum atomic E-state index is 0.651. The van der Waals surface area contributed by atoms with Crippen molar-refractivity contribution >= 4 is 5.82 Å². The SMILES string of the molecule is Cc1nn(C)c(N2CCOCC2)c1CNC[C@H]1CCCOC1. The van der Waals surface area contributed by atoms with Crippen molar-refractivity contribution in [2.45, 2.75) is 26.3 Å². The van der Waals surface area contributed by atoms with Crippen molar-refractivity contribution < 1.29 is 9.47 Å². The lowest BCUT2D eigenvalue weighted by atomic mass is 10.0. The molecule has 1 N–H and O–H groups in total. The number of aromatic nitrogens is 2. The Kier molecular flexibility index (Phi) is 5.33. The summed E-state index contributed by atoms with van der Waals surface area (Å²) in [5, 5.41) is 8.23. The third kappa shape index (κ3) is 3.62. The number of anilines is 1. The van der Waals surface area contributed by atoms with Gasteiger partial charge in [0, 0.05) is 45.4 Å². The molecule has 0 aliphatic carbocycles. The topological polar surface area (TPSA) is 51.5 Å². The van der Waals surface area contributed by atoms with Gasteiger partial charge in [0.1, 0.15) is 5.82 Å². The standard InChI is InChI=1S/C16H28N4O2/c1-13-15(11-17-10-14-4-3-7-22-12-14)16(19(2)18-13)20-5-8-21-9-6-20/h14,17H,3-12H2,1-2H3/t14-/m1/s1. The lowest BCUT2D eigenvalue weighted by Gasteiger charge is -2.30. The highest BCUT2D eigenvalue weighted by molar-refractivity contribution is 5.50. The normalized spacial score (nSPS) is 23.0. The predicted octanol–water partition coefficient (Wildman–Crippen LogP) is 1.08. The zero-order valence-electron chi connectivity index (χ0n) is 13.8. The van der Waals surface area contributed by atoms with Gasteiger partial charge in [-0.2, -0.15) is 5.10 Å². The summed E-state index contributed by atoms with van der Waals surface area (Å²) >= 11 is 0. The minimum absolute atomic E-state index is 0.651. The van der Waals surface area contributed by atoms with E-state index in [9.17, 15) is 0 Å². The lowest BCUT2D eigenvalue weighted by molar-refractivity contribution is 0.0547. The summed E-state index contributed by atoms with van der Waals surface area (Å²) in [6.07, 6.45) is 2.46. The molecule has 0 aromatic carbocycles. The van der Waals surface area contributed by atoms with Crippen LogP contribution in [0.2, 0.25) is 0 Å². The minimum Gasteiger partial charge on any atom is -0.381 e. The maximum atomic E-state index is 5.55. The van der Waals surface area contributed by atoms with E-state index >= 15 is 0 Å². The lowest BCUT2D eigenvalue weighted by Crippen LogP contribution is -2.38. The molecular weight excluding hydrogens is 280 g/mol. The number of rotatable bonds is 5. The van der Waals surface area contributed by atoms with Gasteiger partial charge < -0.3 is 19.7 Å². The zero-order chi connectivity index (χ0) is 15.4. The van der Waals surface area contributed by atoms with Gasteiger partial charge in [-0.15, -0.1) is 0 Å². The first-order valence-electron chi connectivity index (χ1n) is 8.39. The number of nitrogens with zero attached hydrogens (tertiary/aromatic N) is 3. The van der Waals surface area contributed by atoms with Crippen LogP contribution in [-0.2, 0) is 23.1 Å². The number of morpholine rings is 1. The molecule has 1 atom stereocenters. The van der Waals surface area contributed by atoms with Gasteiger partial charge in [-0.3, -0.25) is 4.68 Å². The first-order chi connectivity index (χ1) is 10.8. The van der Waals surface area contributed by atoms with E-state index < -0.39 is 0 Å². The van der Waals surface area contributed by atoms with Crippen LogP contribution in [0.5, 0.6) is 0 Å². The molecule has 6 nitrogen and oxygen atoms in total. The van der Waals surface area contributed by atoms with Crippen LogP contribution in [0.1, 0.15) is 24.1 Å². The van der Waals surface area contributed by atoms with E-state index in [0.717, 1.165) is 58.3 Å². The van der Waals surface area contributed by atoms with E-state index in [4.69, 9.17) is 9.47 Å². The summed E-state index contributed by atoms with van der Waals surface area (Å²) in [4.78, 5) is 2.39. The Morgan fingerprint density at radius 2 is 2.05 bits per heavy atom. The highest BCUT2D eigenvalue weighted by Gasteiger charge is 2.21. The van der Waals surface area contributed by atoms with E-state index in [0.29, 0.717) is 5.92 Å². The maximum absolute atomic E-state index is 5.55. The smallest absolute Gasteiger partial charge is 0.131 e. The van der Waals surface area contributed by atoms with E-state index in [2.05, 4.69) is 22.2 Å².